The lowest BCUT2D eigenvalue weighted by Gasteiger charge is -2.25. The molecule has 1 fully saturated rings. The van der Waals surface area contributed by atoms with Crippen LogP contribution in [0.5, 0.6) is 5.88 Å². The van der Waals surface area contributed by atoms with Crippen molar-refractivity contribution in [1.29, 1.82) is 0 Å². The van der Waals surface area contributed by atoms with E-state index in [4.69, 9.17) is 11.6 Å². The molecule has 0 radical (unpaired) electrons. The maximum atomic E-state index is 14.5. The molecular weight excluding hydrogens is 561 g/mol. The van der Waals surface area contributed by atoms with Gasteiger partial charge < -0.3 is 10.0 Å². The van der Waals surface area contributed by atoms with Crippen LogP contribution in [0.15, 0.2) is 47.5 Å². The topological polar surface area (TPSA) is 106 Å². The van der Waals surface area contributed by atoms with Crippen molar-refractivity contribution in [1.82, 2.24) is 29.2 Å². The van der Waals surface area contributed by atoms with Gasteiger partial charge >= 0.3 is 0 Å². The number of amides is 1. The Morgan fingerprint density at radius 3 is 2.54 bits per heavy atom. The Balaban J connectivity index is 1.60. The number of carbonyl (C=O) groups is 1. The minimum atomic E-state index is -0.996. The second-order valence-corrected chi connectivity index (χ2v) is 10.2. The average Bonchev–Trinajstić information content (AvgIpc) is 3.60. The second kappa shape index (κ2) is 11.4. The molecule has 2 atom stereocenters. The van der Waals surface area contributed by atoms with E-state index in [1.54, 1.807) is 23.9 Å². The van der Waals surface area contributed by atoms with Crippen LogP contribution in [0.1, 0.15) is 60.3 Å². The lowest BCUT2D eigenvalue weighted by molar-refractivity contribution is 0.0783. The van der Waals surface area contributed by atoms with Gasteiger partial charge in [-0.2, -0.15) is 10.1 Å². The molecule has 5 rings (SSSR count). The van der Waals surface area contributed by atoms with E-state index < -0.39 is 52.3 Å². The Labute approximate surface area is 237 Å². The second-order valence-electron chi connectivity index (χ2n) is 9.75. The van der Waals surface area contributed by atoms with Gasteiger partial charge in [-0.25, -0.2) is 13.2 Å². The maximum absolute atomic E-state index is 14.5. The molecule has 0 spiro atoms. The lowest BCUT2D eigenvalue weighted by Crippen LogP contribution is -2.35. The smallest absolute Gasteiger partial charge is 0.290 e. The molecule has 1 aromatic carbocycles. The molecule has 0 aliphatic carbocycles. The molecule has 0 saturated carbocycles. The summed E-state index contributed by atoms with van der Waals surface area (Å²) in [6.45, 7) is 4.30. The highest BCUT2D eigenvalue weighted by molar-refractivity contribution is 6.30. The molecule has 4 heterocycles. The van der Waals surface area contributed by atoms with Crippen LogP contribution in [0.2, 0.25) is 5.02 Å². The number of hydrogen-bond acceptors (Lipinski definition) is 6. The minimum absolute atomic E-state index is 0.0399. The highest BCUT2D eigenvalue weighted by Crippen LogP contribution is 2.35. The van der Waals surface area contributed by atoms with Gasteiger partial charge in [0.2, 0.25) is 5.88 Å². The number of pyridine rings is 1. The molecule has 214 valence electrons. The molecule has 1 aliphatic rings. The summed E-state index contributed by atoms with van der Waals surface area (Å²) in [5.74, 6) is -4.31. The first-order chi connectivity index (χ1) is 19.6. The monoisotopic (exact) mass is 586 g/mol. The van der Waals surface area contributed by atoms with E-state index in [0.29, 0.717) is 13.0 Å². The summed E-state index contributed by atoms with van der Waals surface area (Å²) in [6, 6.07) is 4.76. The number of rotatable bonds is 7. The van der Waals surface area contributed by atoms with Crippen molar-refractivity contribution in [2.75, 3.05) is 13.1 Å². The van der Waals surface area contributed by atoms with Gasteiger partial charge in [-0.15, -0.1) is 0 Å². The van der Waals surface area contributed by atoms with Crippen LogP contribution < -0.4 is 5.56 Å². The number of likely N-dealkylation sites (tertiary alicyclic amines) is 1. The molecule has 0 bridgehead atoms. The summed E-state index contributed by atoms with van der Waals surface area (Å²) in [7, 11) is 0. The summed E-state index contributed by atoms with van der Waals surface area (Å²) >= 11 is 5.81. The number of nitrogens with zero attached hydrogens (tertiary/aromatic N) is 6. The molecule has 3 aromatic heterocycles. The summed E-state index contributed by atoms with van der Waals surface area (Å²) in [5, 5.41) is 16.1. The normalized spacial score (nSPS) is 15.9. The van der Waals surface area contributed by atoms with Crippen molar-refractivity contribution in [3.05, 3.63) is 92.4 Å². The van der Waals surface area contributed by atoms with Crippen molar-refractivity contribution in [2.24, 2.45) is 0 Å². The molecule has 9 nitrogen and oxygen atoms in total. The standard InChI is InChI=1S/C28H26ClF3N6O3/c1-3-22(16-9-18(30)12-19(31)10-16)38-25(21-6-8-37(4-2)35-21)34-26(39)23(28(38)41)27(40)36-7-5-15(14-36)24-20(32)11-17(29)13-33-24/h6,8-13,15,22,41H,3-5,7,14H2,1-2H3/t15?,22-/m0/s1. The molecule has 1 saturated heterocycles. The van der Waals surface area contributed by atoms with Gasteiger partial charge in [0.1, 0.15) is 23.1 Å². The van der Waals surface area contributed by atoms with Gasteiger partial charge in [-0.05, 0) is 49.6 Å². The largest absolute Gasteiger partial charge is 0.494 e. The van der Waals surface area contributed by atoms with Gasteiger partial charge in [0.25, 0.3) is 11.5 Å². The predicted molar refractivity (Wildman–Crippen MR) is 144 cm³/mol. The third-order valence-electron chi connectivity index (χ3n) is 7.18. The molecule has 1 aliphatic heterocycles. The van der Waals surface area contributed by atoms with Crippen LogP contribution in [0.25, 0.3) is 11.5 Å². The van der Waals surface area contributed by atoms with Gasteiger partial charge in [-0.3, -0.25) is 23.8 Å². The van der Waals surface area contributed by atoms with Crippen molar-refractivity contribution in [2.45, 2.75) is 45.2 Å². The fourth-order valence-electron chi connectivity index (χ4n) is 5.23. The van der Waals surface area contributed by atoms with Gasteiger partial charge in [0.15, 0.2) is 11.4 Å². The maximum Gasteiger partial charge on any atom is 0.290 e. The molecule has 1 amide bonds. The predicted octanol–water partition coefficient (Wildman–Crippen LogP) is 4.93. The van der Waals surface area contributed by atoms with Crippen molar-refractivity contribution < 1.29 is 23.1 Å². The molecule has 4 aromatic rings. The Hall–Kier alpha value is -4.19. The van der Waals surface area contributed by atoms with Crippen LogP contribution in [-0.2, 0) is 6.54 Å². The third-order valence-corrected chi connectivity index (χ3v) is 7.38. The van der Waals surface area contributed by atoms with Gasteiger partial charge in [0.05, 0.1) is 16.8 Å². The highest BCUT2D eigenvalue weighted by Gasteiger charge is 2.35. The Morgan fingerprint density at radius 1 is 1.17 bits per heavy atom. The SMILES string of the molecule is CC[C@@H](c1cc(F)cc(F)c1)n1c(-c2ccn(CC)n2)nc(=O)c(C(=O)N2CCC(c3ncc(Cl)cc3F)C2)c1O. The molecule has 41 heavy (non-hydrogen) atoms. The van der Waals surface area contributed by atoms with Crippen LogP contribution in [0.3, 0.4) is 0 Å². The molecule has 13 heteroatoms. The zero-order valence-corrected chi connectivity index (χ0v) is 22.9. The third kappa shape index (κ3) is 5.43. The first-order valence-electron chi connectivity index (χ1n) is 13.1. The zero-order valence-electron chi connectivity index (χ0n) is 22.2. The first-order valence-corrected chi connectivity index (χ1v) is 13.4. The Kier molecular flexibility index (Phi) is 7.85. The van der Waals surface area contributed by atoms with Crippen molar-refractivity contribution in [3.63, 3.8) is 0 Å². The summed E-state index contributed by atoms with van der Waals surface area (Å²) in [4.78, 5) is 36.5. The van der Waals surface area contributed by atoms with E-state index in [1.165, 1.54) is 15.7 Å². The van der Waals surface area contributed by atoms with Crippen molar-refractivity contribution >= 4 is 17.5 Å². The Bertz CT molecular complexity index is 1670. The number of carbonyl (C=O) groups excluding carboxylic acids is 1. The van der Waals surface area contributed by atoms with E-state index in [-0.39, 0.29) is 47.3 Å². The van der Waals surface area contributed by atoms with E-state index >= 15 is 0 Å². The quantitative estimate of drug-likeness (QED) is 0.329. The number of aromatic hydroxyl groups is 1. The number of halogens is 4. The van der Waals surface area contributed by atoms with Crippen LogP contribution in [0.4, 0.5) is 13.2 Å². The minimum Gasteiger partial charge on any atom is -0.494 e. The summed E-state index contributed by atoms with van der Waals surface area (Å²) in [5.41, 5.74) is -1.08. The average molecular weight is 587 g/mol. The van der Waals surface area contributed by atoms with Gasteiger partial charge in [-0.1, -0.05) is 18.5 Å². The number of hydrogen-bond donors (Lipinski definition) is 1. The molecular formula is C28H26ClF3N6O3. The van der Waals surface area contributed by atoms with Gasteiger partial charge in [0, 0.05) is 44.0 Å². The molecule has 1 unspecified atom stereocenters. The zero-order chi connectivity index (χ0) is 29.4. The summed E-state index contributed by atoms with van der Waals surface area (Å²) in [6.07, 6.45) is 3.55. The van der Waals surface area contributed by atoms with E-state index in [9.17, 15) is 27.9 Å². The fourth-order valence-corrected chi connectivity index (χ4v) is 5.37. The fraction of sp³-hybridized carbons (Fsp3) is 0.321. The highest BCUT2D eigenvalue weighted by atomic mass is 35.5. The first kappa shape index (κ1) is 28.3. The van der Waals surface area contributed by atoms with Crippen LogP contribution in [-0.4, -0.2) is 53.3 Å². The van der Waals surface area contributed by atoms with E-state index in [0.717, 1.165) is 24.3 Å². The van der Waals surface area contributed by atoms with E-state index in [2.05, 4.69) is 15.1 Å². The Morgan fingerprint density at radius 2 is 1.90 bits per heavy atom. The van der Waals surface area contributed by atoms with Crippen LogP contribution in [0, 0.1) is 17.5 Å². The van der Waals surface area contributed by atoms with E-state index in [1.807, 2.05) is 6.92 Å². The number of aryl methyl sites for hydroxylation is 1. The summed E-state index contributed by atoms with van der Waals surface area (Å²) < 4.78 is 45.7. The number of benzene rings is 1. The lowest BCUT2D eigenvalue weighted by atomic mass is 10.0. The van der Waals surface area contributed by atoms with Crippen LogP contribution >= 0.6 is 11.6 Å². The number of aromatic nitrogens is 5. The van der Waals surface area contributed by atoms with Crippen molar-refractivity contribution in [3.8, 4) is 17.4 Å². The molecule has 1 N–H and O–H groups in total.